The van der Waals surface area contributed by atoms with Crippen LogP contribution in [0.25, 0.3) is 0 Å². The molecular formula is C17H18BrNO3. The third-order valence-electron chi connectivity index (χ3n) is 3.36. The summed E-state index contributed by atoms with van der Waals surface area (Å²) in [7, 11) is 3.10. The molecule has 0 saturated heterocycles. The molecule has 1 N–H and O–H groups in total. The Morgan fingerprint density at radius 1 is 1.09 bits per heavy atom. The molecule has 0 bridgehead atoms. The number of benzene rings is 2. The molecular weight excluding hydrogens is 346 g/mol. The molecule has 0 spiro atoms. The molecule has 2 aromatic rings. The number of carbonyl (C=O) groups is 1. The highest BCUT2D eigenvalue weighted by molar-refractivity contribution is 9.10. The average Bonchev–Trinajstić information content (AvgIpc) is 2.55. The van der Waals surface area contributed by atoms with Crippen LogP contribution in [0.3, 0.4) is 0 Å². The Balaban J connectivity index is 2.22. The minimum absolute atomic E-state index is 0.0886. The Morgan fingerprint density at radius 2 is 1.64 bits per heavy atom. The number of halogens is 1. The van der Waals surface area contributed by atoms with Crippen LogP contribution < -0.4 is 14.8 Å². The zero-order valence-corrected chi connectivity index (χ0v) is 14.3. The lowest BCUT2D eigenvalue weighted by Crippen LogP contribution is -2.26. The number of carbonyl (C=O) groups excluding carboxylic acids is 1. The van der Waals surface area contributed by atoms with Crippen molar-refractivity contribution in [3.05, 3.63) is 58.1 Å². The van der Waals surface area contributed by atoms with Crippen molar-refractivity contribution in [3.8, 4) is 11.5 Å². The van der Waals surface area contributed by atoms with Crippen LogP contribution in [0.1, 0.15) is 28.9 Å². The van der Waals surface area contributed by atoms with Crippen molar-refractivity contribution in [1.29, 1.82) is 0 Å². The van der Waals surface area contributed by atoms with Gasteiger partial charge in [0.1, 0.15) is 16.0 Å². The molecule has 0 radical (unpaired) electrons. The highest BCUT2D eigenvalue weighted by Gasteiger charge is 2.16. The molecule has 116 valence electrons. The summed E-state index contributed by atoms with van der Waals surface area (Å²) in [5.41, 5.74) is 1.53. The Labute approximate surface area is 138 Å². The second-order valence-corrected chi connectivity index (χ2v) is 5.59. The van der Waals surface area contributed by atoms with Gasteiger partial charge in [-0.25, -0.2) is 0 Å². The van der Waals surface area contributed by atoms with Crippen LogP contribution in [0.4, 0.5) is 0 Å². The molecule has 0 unspecified atom stereocenters. The van der Waals surface area contributed by atoms with Gasteiger partial charge < -0.3 is 14.8 Å². The fourth-order valence-corrected chi connectivity index (χ4v) is 2.66. The predicted octanol–water partition coefficient (Wildman–Crippen LogP) is 3.96. The van der Waals surface area contributed by atoms with Crippen LogP contribution in [-0.4, -0.2) is 20.1 Å². The number of hydrogen-bond acceptors (Lipinski definition) is 3. The third kappa shape index (κ3) is 3.60. The molecule has 4 nitrogen and oxygen atoms in total. The van der Waals surface area contributed by atoms with Crippen molar-refractivity contribution in [2.45, 2.75) is 13.0 Å². The Bertz CT molecular complexity index is 633. The smallest absolute Gasteiger partial charge is 0.252 e. The predicted molar refractivity (Wildman–Crippen MR) is 89.6 cm³/mol. The highest BCUT2D eigenvalue weighted by Crippen LogP contribution is 2.35. The Morgan fingerprint density at radius 3 is 2.14 bits per heavy atom. The van der Waals surface area contributed by atoms with Crippen LogP contribution >= 0.6 is 15.9 Å². The van der Waals surface area contributed by atoms with Crippen molar-refractivity contribution in [1.82, 2.24) is 5.32 Å². The average molecular weight is 364 g/mol. The zero-order chi connectivity index (χ0) is 16.1. The van der Waals surface area contributed by atoms with E-state index in [1.165, 1.54) is 0 Å². The summed E-state index contributed by atoms with van der Waals surface area (Å²) < 4.78 is 11.2. The van der Waals surface area contributed by atoms with Gasteiger partial charge in [-0.15, -0.1) is 0 Å². The molecule has 0 fully saturated rings. The standard InChI is InChI=1S/C17H18BrNO3/c1-11(12-7-5-4-6-8-12)19-17(20)13-9-14(21-2)16(18)15(10-13)22-3/h4-11H,1-3H3,(H,19,20)/t11-/m0/s1. The number of ether oxygens (including phenoxy) is 2. The van der Waals surface area contributed by atoms with E-state index in [9.17, 15) is 4.79 Å². The second-order valence-electron chi connectivity index (χ2n) is 4.80. The van der Waals surface area contributed by atoms with Crippen molar-refractivity contribution in [2.75, 3.05) is 14.2 Å². The maximum atomic E-state index is 12.4. The van der Waals surface area contributed by atoms with E-state index < -0.39 is 0 Å². The molecule has 5 heteroatoms. The molecule has 0 aliphatic rings. The summed E-state index contributed by atoms with van der Waals surface area (Å²) >= 11 is 3.39. The largest absolute Gasteiger partial charge is 0.495 e. The van der Waals surface area contributed by atoms with Crippen molar-refractivity contribution in [2.24, 2.45) is 0 Å². The van der Waals surface area contributed by atoms with Gasteiger partial charge >= 0.3 is 0 Å². The summed E-state index contributed by atoms with van der Waals surface area (Å²) in [6.45, 7) is 1.94. The number of methoxy groups -OCH3 is 2. The monoisotopic (exact) mass is 363 g/mol. The van der Waals surface area contributed by atoms with Gasteiger partial charge in [-0.1, -0.05) is 30.3 Å². The van der Waals surface area contributed by atoms with E-state index in [0.717, 1.165) is 5.56 Å². The van der Waals surface area contributed by atoms with Crippen molar-refractivity contribution in [3.63, 3.8) is 0 Å². The van der Waals surface area contributed by atoms with E-state index in [-0.39, 0.29) is 11.9 Å². The van der Waals surface area contributed by atoms with Gasteiger partial charge in [-0.05, 0) is 40.5 Å². The quantitative estimate of drug-likeness (QED) is 0.874. The lowest BCUT2D eigenvalue weighted by Gasteiger charge is -2.16. The minimum atomic E-state index is -0.180. The van der Waals surface area contributed by atoms with Gasteiger partial charge in [0.05, 0.1) is 20.3 Å². The first kappa shape index (κ1) is 16.4. The number of hydrogen-bond donors (Lipinski definition) is 1. The molecule has 1 atom stereocenters. The van der Waals surface area contributed by atoms with Crippen LogP contribution in [-0.2, 0) is 0 Å². The molecule has 0 aromatic heterocycles. The summed E-state index contributed by atoms with van der Waals surface area (Å²) in [6.07, 6.45) is 0. The molecule has 0 heterocycles. The van der Waals surface area contributed by atoms with Gasteiger partial charge in [-0.2, -0.15) is 0 Å². The maximum absolute atomic E-state index is 12.4. The third-order valence-corrected chi connectivity index (χ3v) is 4.14. The fraction of sp³-hybridized carbons (Fsp3) is 0.235. The van der Waals surface area contributed by atoms with E-state index in [1.54, 1.807) is 26.4 Å². The zero-order valence-electron chi connectivity index (χ0n) is 12.7. The molecule has 0 aliphatic heterocycles. The SMILES string of the molecule is COc1cc(C(=O)N[C@@H](C)c2ccccc2)cc(OC)c1Br. The Hall–Kier alpha value is -2.01. The van der Waals surface area contributed by atoms with Crippen LogP contribution in [0.5, 0.6) is 11.5 Å². The lowest BCUT2D eigenvalue weighted by molar-refractivity contribution is 0.0939. The van der Waals surface area contributed by atoms with Gasteiger partial charge in [-0.3, -0.25) is 4.79 Å². The summed E-state index contributed by atoms with van der Waals surface area (Å²) in [5.74, 6) is 0.925. The van der Waals surface area contributed by atoms with E-state index in [0.29, 0.717) is 21.5 Å². The topological polar surface area (TPSA) is 47.6 Å². The van der Waals surface area contributed by atoms with Gasteiger partial charge in [0.2, 0.25) is 0 Å². The summed E-state index contributed by atoms with van der Waals surface area (Å²) in [5, 5.41) is 2.97. The fourth-order valence-electron chi connectivity index (χ4n) is 2.11. The number of amides is 1. The maximum Gasteiger partial charge on any atom is 0.252 e. The van der Waals surface area contributed by atoms with Crippen LogP contribution in [0.2, 0.25) is 0 Å². The van der Waals surface area contributed by atoms with Crippen LogP contribution in [0.15, 0.2) is 46.9 Å². The summed E-state index contributed by atoms with van der Waals surface area (Å²) in [6, 6.07) is 13.1. The highest BCUT2D eigenvalue weighted by atomic mass is 79.9. The summed E-state index contributed by atoms with van der Waals surface area (Å²) in [4.78, 5) is 12.4. The molecule has 0 saturated carbocycles. The second kappa shape index (κ2) is 7.31. The van der Waals surface area contributed by atoms with E-state index in [1.807, 2.05) is 37.3 Å². The van der Waals surface area contributed by atoms with Crippen LogP contribution in [0, 0.1) is 0 Å². The Kier molecular flexibility index (Phi) is 5.44. The first-order chi connectivity index (χ1) is 10.6. The van der Waals surface area contributed by atoms with E-state index >= 15 is 0 Å². The number of rotatable bonds is 5. The van der Waals surface area contributed by atoms with Gasteiger partial charge in [0.25, 0.3) is 5.91 Å². The van der Waals surface area contributed by atoms with Gasteiger partial charge in [0.15, 0.2) is 0 Å². The van der Waals surface area contributed by atoms with Gasteiger partial charge in [0, 0.05) is 5.56 Å². The minimum Gasteiger partial charge on any atom is -0.495 e. The molecule has 2 rings (SSSR count). The van der Waals surface area contributed by atoms with E-state index in [4.69, 9.17) is 9.47 Å². The molecule has 0 aliphatic carbocycles. The van der Waals surface area contributed by atoms with E-state index in [2.05, 4.69) is 21.2 Å². The number of nitrogens with one attached hydrogen (secondary N) is 1. The lowest BCUT2D eigenvalue weighted by atomic mass is 10.1. The first-order valence-electron chi connectivity index (χ1n) is 6.84. The molecule has 1 amide bonds. The molecule has 22 heavy (non-hydrogen) atoms. The van der Waals surface area contributed by atoms with Crippen molar-refractivity contribution < 1.29 is 14.3 Å². The first-order valence-corrected chi connectivity index (χ1v) is 7.63. The van der Waals surface area contributed by atoms with Crippen molar-refractivity contribution >= 4 is 21.8 Å². The normalized spacial score (nSPS) is 11.6. The molecule has 2 aromatic carbocycles.